The zero-order valence-corrected chi connectivity index (χ0v) is 12.1. The van der Waals surface area contributed by atoms with Crippen molar-refractivity contribution in [3.8, 4) is 0 Å². The van der Waals surface area contributed by atoms with Gasteiger partial charge in [-0.1, -0.05) is 35.9 Å². The summed E-state index contributed by atoms with van der Waals surface area (Å²) in [5.74, 6) is -0.195. The molecule has 2 rings (SSSR count). The fraction of sp³-hybridized carbons (Fsp3) is 0.0714. The maximum absolute atomic E-state index is 11.6. The summed E-state index contributed by atoms with van der Waals surface area (Å²) in [6, 6.07) is 12.9. The minimum atomic E-state index is -0.195. The third kappa shape index (κ3) is 4.99. The topological polar surface area (TPSA) is 45.3 Å². The predicted octanol–water partition coefficient (Wildman–Crippen LogP) is -1.22. The van der Waals surface area contributed by atoms with Crippen molar-refractivity contribution in [2.75, 3.05) is 0 Å². The second-order valence-electron chi connectivity index (χ2n) is 3.86. The largest absolute Gasteiger partial charge is 1.00 e. The number of hydrogen-bond donors (Lipinski definition) is 1. The van der Waals surface area contributed by atoms with Crippen LogP contribution in [0.2, 0.25) is 5.02 Å². The van der Waals surface area contributed by atoms with Crippen LogP contribution in [0.4, 0.5) is 0 Å². The van der Waals surface area contributed by atoms with Crippen molar-refractivity contribution in [3.63, 3.8) is 0 Å². The first kappa shape index (κ1) is 16.1. The van der Waals surface area contributed by atoms with E-state index in [0.29, 0.717) is 5.02 Å². The normalized spacial score (nSPS) is 10.1. The number of hydrazone groups is 1. The second kappa shape index (κ2) is 8.30. The molecule has 0 aliphatic rings. The van der Waals surface area contributed by atoms with E-state index in [2.05, 4.69) is 10.5 Å². The quantitative estimate of drug-likeness (QED) is 0.430. The molecule has 0 unspecified atom stereocenters. The molecule has 0 spiro atoms. The molecular weight excluding hydrogens is 297 g/mol. The Morgan fingerprint density at radius 3 is 2.60 bits per heavy atom. The van der Waals surface area contributed by atoms with Gasteiger partial charge >= 0.3 is 5.91 Å². The number of carbonyl (C=O) groups is 1. The van der Waals surface area contributed by atoms with Crippen molar-refractivity contribution in [3.05, 3.63) is 65.4 Å². The summed E-state index contributed by atoms with van der Waals surface area (Å²) in [6.07, 6.45) is 5.16. The monoisotopic (exact) mass is 309 g/mol. The lowest BCUT2D eigenvalue weighted by Crippen LogP contribution is -3.00. The Kier molecular flexibility index (Phi) is 6.70. The summed E-state index contributed by atoms with van der Waals surface area (Å²) in [6.45, 7) is 0.223. The van der Waals surface area contributed by atoms with Gasteiger partial charge in [0.25, 0.3) is 0 Å². The Bertz CT molecular complexity index is 588. The Morgan fingerprint density at radius 2 is 1.90 bits per heavy atom. The predicted molar refractivity (Wildman–Crippen MR) is 73.8 cm³/mol. The first-order valence-electron chi connectivity index (χ1n) is 5.76. The van der Waals surface area contributed by atoms with Gasteiger partial charge < -0.3 is 12.4 Å². The number of nitrogens with zero attached hydrogens (tertiary/aromatic N) is 2. The molecule has 0 saturated carbocycles. The van der Waals surface area contributed by atoms with E-state index in [1.165, 1.54) is 6.21 Å². The standard InChI is InChI=1S/C14H12ClN3O.ClH/c15-13-7-3-2-6-12(13)10-16-17-14(19)11-18-8-4-1-5-9-18;/h1-10H,11H2;1H. The van der Waals surface area contributed by atoms with Crippen LogP contribution in [-0.4, -0.2) is 12.1 Å². The summed E-state index contributed by atoms with van der Waals surface area (Å²) in [4.78, 5) is 11.6. The van der Waals surface area contributed by atoms with E-state index < -0.39 is 0 Å². The number of pyridine rings is 1. The number of rotatable bonds is 4. The molecule has 0 fully saturated rings. The van der Waals surface area contributed by atoms with Crippen molar-refractivity contribution in [2.24, 2.45) is 5.10 Å². The fourth-order valence-corrected chi connectivity index (χ4v) is 1.68. The lowest BCUT2D eigenvalue weighted by Gasteiger charge is -1.98. The van der Waals surface area contributed by atoms with Gasteiger partial charge in [0.1, 0.15) is 0 Å². The Balaban J connectivity index is 0.00000200. The van der Waals surface area contributed by atoms with Crippen LogP contribution in [0.5, 0.6) is 0 Å². The number of benzene rings is 1. The fourth-order valence-electron chi connectivity index (χ4n) is 1.49. The lowest BCUT2D eigenvalue weighted by molar-refractivity contribution is -0.684. The van der Waals surface area contributed by atoms with Crippen LogP contribution < -0.4 is 22.4 Å². The smallest absolute Gasteiger partial charge is 0.305 e. The van der Waals surface area contributed by atoms with Gasteiger partial charge in [0.15, 0.2) is 12.4 Å². The molecule has 1 aromatic heterocycles. The number of amides is 1. The van der Waals surface area contributed by atoms with E-state index in [1.807, 2.05) is 48.8 Å². The Morgan fingerprint density at radius 1 is 1.20 bits per heavy atom. The van der Waals surface area contributed by atoms with Crippen LogP contribution in [0.15, 0.2) is 60.0 Å². The maximum Gasteiger partial charge on any atom is 0.305 e. The van der Waals surface area contributed by atoms with Gasteiger partial charge in [0, 0.05) is 22.7 Å². The third-order valence-electron chi connectivity index (χ3n) is 2.40. The van der Waals surface area contributed by atoms with E-state index in [9.17, 15) is 4.79 Å². The molecule has 104 valence electrons. The maximum atomic E-state index is 11.6. The molecule has 1 heterocycles. The summed E-state index contributed by atoms with van der Waals surface area (Å²) in [5, 5.41) is 4.47. The minimum absolute atomic E-state index is 0. The van der Waals surface area contributed by atoms with Gasteiger partial charge in [-0.25, -0.2) is 5.43 Å². The molecule has 1 N–H and O–H groups in total. The Labute approximate surface area is 128 Å². The number of aromatic nitrogens is 1. The molecule has 0 radical (unpaired) electrons. The van der Waals surface area contributed by atoms with Crippen molar-refractivity contribution in [1.82, 2.24) is 5.43 Å². The van der Waals surface area contributed by atoms with Crippen molar-refractivity contribution < 1.29 is 21.8 Å². The van der Waals surface area contributed by atoms with Crippen molar-refractivity contribution in [2.45, 2.75) is 6.54 Å². The lowest BCUT2D eigenvalue weighted by atomic mass is 10.2. The second-order valence-corrected chi connectivity index (χ2v) is 4.27. The van der Waals surface area contributed by atoms with Gasteiger partial charge in [0.05, 0.1) is 6.21 Å². The molecule has 4 nitrogen and oxygen atoms in total. The molecular formula is C14H13Cl2N3O. The highest BCUT2D eigenvalue weighted by molar-refractivity contribution is 6.33. The molecule has 1 amide bonds. The molecule has 0 atom stereocenters. The van der Waals surface area contributed by atoms with Crippen LogP contribution in [0.1, 0.15) is 5.56 Å². The minimum Gasteiger partial charge on any atom is -1.00 e. The van der Waals surface area contributed by atoms with Crippen molar-refractivity contribution >= 4 is 23.7 Å². The van der Waals surface area contributed by atoms with Crippen LogP contribution in [0.3, 0.4) is 0 Å². The van der Waals surface area contributed by atoms with E-state index in [1.54, 1.807) is 10.6 Å². The van der Waals surface area contributed by atoms with E-state index in [0.717, 1.165) is 5.56 Å². The van der Waals surface area contributed by atoms with Gasteiger partial charge in [-0.2, -0.15) is 9.67 Å². The van der Waals surface area contributed by atoms with Gasteiger partial charge in [-0.05, 0) is 6.07 Å². The number of carbonyl (C=O) groups excluding carboxylic acids is 1. The van der Waals surface area contributed by atoms with E-state index >= 15 is 0 Å². The van der Waals surface area contributed by atoms with Crippen LogP contribution in [-0.2, 0) is 11.3 Å². The molecule has 0 saturated heterocycles. The first-order valence-corrected chi connectivity index (χ1v) is 6.14. The van der Waals surface area contributed by atoms with Crippen LogP contribution >= 0.6 is 11.6 Å². The zero-order chi connectivity index (χ0) is 13.5. The summed E-state index contributed by atoms with van der Waals surface area (Å²) in [5.41, 5.74) is 3.22. The van der Waals surface area contributed by atoms with Gasteiger partial charge in [-0.3, -0.25) is 4.79 Å². The highest BCUT2D eigenvalue weighted by Gasteiger charge is 2.06. The molecule has 20 heavy (non-hydrogen) atoms. The van der Waals surface area contributed by atoms with Crippen LogP contribution in [0, 0.1) is 0 Å². The Hall–Kier alpha value is -1.91. The summed E-state index contributed by atoms with van der Waals surface area (Å²) >= 11 is 5.96. The van der Waals surface area contributed by atoms with E-state index in [4.69, 9.17) is 11.6 Å². The number of hydrogen-bond acceptors (Lipinski definition) is 2. The first-order chi connectivity index (χ1) is 9.25. The van der Waals surface area contributed by atoms with Crippen LogP contribution in [0.25, 0.3) is 0 Å². The van der Waals surface area contributed by atoms with Gasteiger partial charge in [-0.15, -0.1) is 0 Å². The molecule has 0 aliphatic heterocycles. The third-order valence-corrected chi connectivity index (χ3v) is 2.75. The zero-order valence-electron chi connectivity index (χ0n) is 10.5. The highest BCUT2D eigenvalue weighted by atomic mass is 35.5. The molecule has 0 bridgehead atoms. The molecule has 1 aromatic carbocycles. The average molecular weight is 310 g/mol. The molecule has 2 aromatic rings. The molecule has 0 aliphatic carbocycles. The number of nitrogens with one attached hydrogen (secondary N) is 1. The summed E-state index contributed by atoms with van der Waals surface area (Å²) in [7, 11) is 0. The number of halogens is 2. The van der Waals surface area contributed by atoms with Gasteiger partial charge in [0.2, 0.25) is 6.54 Å². The molecule has 6 heteroatoms. The summed E-state index contributed by atoms with van der Waals surface area (Å²) < 4.78 is 1.76. The highest BCUT2D eigenvalue weighted by Crippen LogP contribution is 2.11. The van der Waals surface area contributed by atoms with E-state index in [-0.39, 0.29) is 24.9 Å². The van der Waals surface area contributed by atoms with Crippen molar-refractivity contribution in [1.29, 1.82) is 0 Å². The average Bonchev–Trinajstić information content (AvgIpc) is 2.42. The SMILES string of the molecule is O=C(C[n+]1ccccc1)NN=Cc1ccccc1Cl.[Cl-].